The van der Waals surface area contributed by atoms with Crippen LogP contribution in [-0.2, 0) is 19.5 Å². The highest BCUT2D eigenvalue weighted by Crippen LogP contribution is 2.29. The number of benzene rings is 3. The quantitative estimate of drug-likeness (QED) is 0.332. The topological polar surface area (TPSA) is 94.3 Å². The summed E-state index contributed by atoms with van der Waals surface area (Å²) in [5, 5.41) is 18.9. The Morgan fingerprint density at radius 2 is 1.57 bits per heavy atom. The van der Waals surface area contributed by atoms with Gasteiger partial charge in [-0.1, -0.05) is 84.9 Å². The molecule has 8 heteroatoms. The third-order valence-electron chi connectivity index (χ3n) is 5.88. The van der Waals surface area contributed by atoms with Crippen LogP contribution in [0.5, 0.6) is 0 Å². The van der Waals surface area contributed by atoms with E-state index in [0.717, 1.165) is 40.1 Å². The number of H-pyrrole nitrogens is 1. The summed E-state index contributed by atoms with van der Waals surface area (Å²) >= 11 is 0. The van der Waals surface area contributed by atoms with Crippen molar-refractivity contribution in [1.82, 2.24) is 35.0 Å². The van der Waals surface area contributed by atoms with Crippen molar-refractivity contribution in [2.45, 2.75) is 25.9 Å². The Bertz CT molecular complexity index is 1470. The van der Waals surface area contributed by atoms with Crippen LogP contribution in [0.4, 0.5) is 0 Å². The van der Waals surface area contributed by atoms with Gasteiger partial charge in [0.15, 0.2) is 5.82 Å². The van der Waals surface area contributed by atoms with Crippen LogP contribution in [0, 0.1) is 0 Å². The number of rotatable bonds is 9. The molecular weight excluding hydrogens is 438 g/mol. The fourth-order valence-electron chi connectivity index (χ4n) is 4.11. The highest BCUT2D eigenvalue weighted by atomic mass is 16.2. The van der Waals surface area contributed by atoms with Gasteiger partial charge in [0.2, 0.25) is 0 Å². The zero-order valence-electron chi connectivity index (χ0n) is 19.2. The Morgan fingerprint density at radius 1 is 0.857 bits per heavy atom. The average molecular weight is 464 g/mol. The lowest BCUT2D eigenvalue weighted by atomic mass is 9.98. The molecule has 0 saturated carbocycles. The lowest BCUT2D eigenvalue weighted by Gasteiger charge is -2.09. The standard InChI is InChI=1S/C27H25N7O/c1-2-3-13-25-30-34(19-20-9-5-4-6-10-20)27(35)33(25)18-21-14-16-22(17-15-21)23-11-7-8-12-24(23)26-28-31-32-29-26/h2,4-12,14-17H,1,3,13,18-19H2,(H,28,29,31,32). The Balaban J connectivity index is 1.43. The number of tetrazole rings is 1. The van der Waals surface area contributed by atoms with Crippen molar-refractivity contribution in [3.05, 3.63) is 119 Å². The maximum atomic E-state index is 13.2. The monoisotopic (exact) mass is 463 g/mol. The van der Waals surface area contributed by atoms with E-state index in [9.17, 15) is 4.79 Å². The van der Waals surface area contributed by atoms with Gasteiger partial charge in [0.25, 0.3) is 0 Å². The van der Waals surface area contributed by atoms with Gasteiger partial charge in [-0.3, -0.25) is 4.57 Å². The first-order chi connectivity index (χ1) is 17.2. The van der Waals surface area contributed by atoms with Crippen molar-refractivity contribution in [2.24, 2.45) is 0 Å². The summed E-state index contributed by atoms with van der Waals surface area (Å²) in [7, 11) is 0. The van der Waals surface area contributed by atoms with Crippen molar-refractivity contribution >= 4 is 0 Å². The van der Waals surface area contributed by atoms with Gasteiger partial charge in [0, 0.05) is 12.0 Å². The van der Waals surface area contributed by atoms with E-state index in [0.29, 0.717) is 25.3 Å². The highest BCUT2D eigenvalue weighted by Gasteiger charge is 2.15. The van der Waals surface area contributed by atoms with E-state index in [1.54, 1.807) is 9.25 Å². The van der Waals surface area contributed by atoms with E-state index in [4.69, 9.17) is 0 Å². The molecule has 1 N–H and O–H groups in total. The Hall–Kier alpha value is -4.59. The van der Waals surface area contributed by atoms with Crippen molar-refractivity contribution in [1.29, 1.82) is 0 Å². The Kier molecular flexibility index (Phi) is 6.43. The second-order valence-electron chi connectivity index (χ2n) is 8.25. The van der Waals surface area contributed by atoms with Crippen LogP contribution in [0.15, 0.2) is 96.3 Å². The summed E-state index contributed by atoms with van der Waals surface area (Å²) in [5.74, 6) is 1.38. The van der Waals surface area contributed by atoms with Gasteiger partial charge in [-0.15, -0.1) is 11.7 Å². The van der Waals surface area contributed by atoms with Gasteiger partial charge in [0.05, 0.1) is 13.1 Å². The third-order valence-corrected chi connectivity index (χ3v) is 5.88. The molecule has 2 aromatic heterocycles. The zero-order valence-corrected chi connectivity index (χ0v) is 19.2. The summed E-state index contributed by atoms with van der Waals surface area (Å²) in [6.45, 7) is 4.71. The maximum absolute atomic E-state index is 13.2. The number of hydrogen-bond acceptors (Lipinski definition) is 5. The summed E-state index contributed by atoms with van der Waals surface area (Å²) in [6, 6.07) is 26.1. The molecular formula is C27H25N7O. The Labute approximate surface area is 202 Å². The summed E-state index contributed by atoms with van der Waals surface area (Å²) in [5.41, 5.74) is 4.95. The zero-order chi connectivity index (χ0) is 24.0. The molecule has 0 saturated heterocycles. The number of nitrogens with one attached hydrogen (secondary N) is 1. The van der Waals surface area contributed by atoms with Crippen LogP contribution in [0.3, 0.4) is 0 Å². The van der Waals surface area contributed by atoms with E-state index in [2.05, 4.69) is 44.4 Å². The van der Waals surface area contributed by atoms with E-state index in [1.807, 2.05) is 72.8 Å². The van der Waals surface area contributed by atoms with Gasteiger partial charge in [0.1, 0.15) is 5.82 Å². The molecule has 3 aromatic carbocycles. The van der Waals surface area contributed by atoms with Crippen LogP contribution < -0.4 is 5.69 Å². The first-order valence-electron chi connectivity index (χ1n) is 11.5. The van der Waals surface area contributed by atoms with Gasteiger partial charge in [-0.2, -0.15) is 5.10 Å². The minimum Gasteiger partial charge on any atom is -0.274 e. The second-order valence-corrected chi connectivity index (χ2v) is 8.25. The molecule has 5 aromatic rings. The maximum Gasteiger partial charge on any atom is 0.346 e. The van der Waals surface area contributed by atoms with E-state index in [1.165, 1.54) is 0 Å². The number of aromatic amines is 1. The van der Waals surface area contributed by atoms with Crippen molar-refractivity contribution < 1.29 is 0 Å². The van der Waals surface area contributed by atoms with Gasteiger partial charge in [-0.25, -0.2) is 14.6 Å². The minimum absolute atomic E-state index is 0.111. The second kappa shape index (κ2) is 10.1. The summed E-state index contributed by atoms with van der Waals surface area (Å²) in [6.07, 6.45) is 3.27. The number of hydrogen-bond donors (Lipinski definition) is 1. The van der Waals surface area contributed by atoms with Crippen molar-refractivity contribution in [3.8, 4) is 22.5 Å². The lowest BCUT2D eigenvalue weighted by molar-refractivity contribution is 0.637. The molecule has 8 nitrogen and oxygen atoms in total. The molecule has 0 aliphatic carbocycles. The molecule has 0 radical (unpaired) electrons. The first-order valence-corrected chi connectivity index (χ1v) is 11.5. The average Bonchev–Trinajstić information content (AvgIpc) is 3.54. The number of nitrogens with zero attached hydrogens (tertiary/aromatic N) is 6. The predicted octanol–water partition coefficient (Wildman–Crippen LogP) is 4.11. The molecule has 0 amide bonds. The number of aryl methyl sites for hydroxylation is 1. The molecule has 5 rings (SSSR count). The van der Waals surface area contributed by atoms with Gasteiger partial charge < -0.3 is 0 Å². The molecule has 35 heavy (non-hydrogen) atoms. The summed E-state index contributed by atoms with van der Waals surface area (Å²) < 4.78 is 3.30. The molecule has 0 unspecified atom stereocenters. The molecule has 174 valence electrons. The lowest BCUT2D eigenvalue weighted by Crippen LogP contribution is -2.26. The normalized spacial score (nSPS) is 11.0. The minimum atomic E-state index is -0.111. The molecule has 0 fully saturated rings. The van der Waals surface area contributed by atoms with Gasteiger partial charge in [-0.05, 0) is 39.1 Å². The predicted molar refractivity (Wildman–Crippen MR) is 135 cm³/mol. The van der Waals surface area contributed by atoms with E-state index < -0.39 is 0 Å². The fraction of sp³-hybridized carbons (Fsp3) is 0.148. The Morgan fingerprint density at radius 3 is 2.29 bits per heavy atom. The molecule has 0 bridgehead atoms. The smallest absolute Gasteiger partial charge is 0.274 e. The van der Waals surface area contributed by atoms with Crippen LogP contribution >= 0.6 is 0 Å². The van der Waals surface area contributed by atoms with Crippen LogP contribution in [0.1, 0.15) is 23.4 Å². The van der Waals surface area contributed by atoms with Crippen LogP contribution in [0.2, 0.25) is 0 Å². The van der Waals surface area contributed by atoms with Gasteiger partial charge >= 0.3 is 5.69 Å². The van der Waals surface area contributed by atoms with Crippen molar-refractivity contribution in [2.75, 3.05) is 0 Å². The fourth-order valence-corrected chi connectivity index (χ4v) is 4.11. The third kappa shape index (κ3) is 4.86. The molecule has 0 aliphatic heterocycles. The highest BCUT2D eigenvalue weighted by molar-refractivity contribution is 5.80. The van der Waals surface area contributed by atoms with Crippen LogP contribution in [0.25, 0.3) is 22.5 Å². The number of allylic oxidation sites excluding steroid dienone is 1. The largest absolute Gasteiger partial charge is 0.346 e. The van der Waals surface area contributed by atoms with Crippen molar-refractivity contribution in [3.63, 3.8) is 0 Å². The van der Waals surface area contributed by atoms with E-state index in [-0.39, 0.29) is 5.69 Å². The first kappa shape index (κ1) is 22.2. The molecule has 0 spiro atoms. The number of aromatic nitrogens is 7. The SMILES string of the molecule is C=CCCc1nn(Cc2ccccc2)c(=O)n1Cc1ccc(-c2ccccc2-c2nnn[nH]2)cc1. The summed E-state index contributed by atoms with van der Waals surface area (Å²) in [4.78, 5) is 13.2. The molecule has 0 atom stereocenters. The molecule has 0 aliphatic rings. The van der Waals surface area contributed by atoms with Crippen LogP contribution in [-0.4, -0.2) is 35.0 Å². The van der Waals surface area contributed by atoms with E-state index >= 15 is 0 Å². The molecule has 2 heterocycles.